The van der Waals surface area contributed by atoms with Gasteiger partial charge in [0.15, 0.2) is 6.10 Å². The summed E-state index contributed by atoms with van der Waals surface area (Å²) in [4.78, 5) is 34.6. The van der Waals surface area contributed by atoms with E-state index in [0.29, 0.717) is 5.56 Å². The van der Waals surface area contributed by atoms with Crippen LogP contribution in [0.2, 0.25) is 5.02 Å². The molecule has 0 saturated heterocycles. The van der Waals surface area contributed by atoms with E-state index in [1.54, 1.807) is 6.92 Å². The number of aryl methyl sites for hydroxylation is 1. The Morgan fingerprint density at radius 1 is 1.24 bits per heavy atom. The van der Waals surface area contributed by atoms with Gasteiger partial charge in [-0.15, -0.1) is 0 Å². The third kappa shape index (κ3) is 5.50. The van der Waals surface area contributed by atoms with E-state index in [1.807, 2.05) is 0 Å². The molecule has 10 nitrogen and oxygen atoms in total. The highest BCUT2D eigenvalue weighted by molar-refractivity contribution is 7.89. The molecule has 0 aromatic heterocycles. The lowest BCUT2D eigenvalue weighted by Gasteiger charge is -2.15. The number of rotatable bonds is 6. The van der Waals surface area contributed by atoms with Gasteiger partial charge in [-0.1, -0.05) is 17.7 Å². The van der Waals surface area contributed by atoms with Crippen molar-refractivity contribution in [2.45, 2.75) is 24.8 Å². The van der Waals surface area contributed by atoms with Crippen molar-refractivity contribution in [2.75, 3.05) is 5.32 Å². The highest BCUT2D eigenvalue weighted by Gasteiger charge is 2.23. The number of nitrogens with zero attached hydrogens (tertiary/aromatic N) is 1. The molecule has 0 saturated carbocycles. The second-order valence-corrected chi connectivity index (χ2v) is 7.95. The molecule has 1 amide bonds. The smallest absolute Gasteiger partial charge is 0.339 e. The quantitative estimate of drug-likeness (QED) is 0.395. The van der Waals surface area contributed by atoms with E-state index < -0.39 is 32.9 Å². The number of sulfonamides is 1. The Balaban J connectivity index is 2.17. The minimum absolute atomic E-state index is 0.0267. The fourth-order valence-electron chi connectivity index (χ4n) is 2.23. The number of benzene rings is 2. The van der Waals surface area contributed by atoms with Crippen molar-refractivity contribution in [2.24, 2.45) is 5.14 Å². The number of nitrogens with one attached hydrogen (secondary N) is 1. The van der Waals surface area contributed by atoms with Gasteiger partial charge in [-0.05, 0) is 37.6 Å². The van der Waals surface area contributed by atoms with E-state index in [9.17, 15) is 28.1 Å². The van der Waals surface area contributed by atoms with Crippen LogP contribution in [0.3, 0.4) is 0 Å². The second kappa shape index (κ2) is 8.55. The van der Waals surface area contributed by atoms with Crippen molar-refractivity contribution in [3.05, 3.63) is 62.7 Å². The summed E-state index contributed by atoms with van der Waals surface area (Å²) < 4.78 is 28.0. The number of ether oxygens (including phenoxy) is 1. The van der Waals surface area contributed by atoms with Crippen LogP contribution in [0.5, 0.6) is 0 Å². The molecule has 0 radical (unpaired) electrons. The van der Waals surface area contributed by atoms with Crippen molar-refractivity contribution in [1.82, 2.24) is 0 Å². The van der Waals surface area contributed by atoms with Gasteiger partial charge in [-0.25, -0.2) is 18.4 Å². The molecule has 12 heteroatoms. The number of nitrogens with two attached hydrogens (primary N) is 1. The van der Waals surface area contributed by atoms with Crippen molar-refractivity contribution in [3.63, 3.8) is 0 Å². The largest absolute Gasteiger partial charge is 0.449 e. The van der Waals surface area contributed by atoms with Gasteiger partial charge < -0.3 is 10.1 Å². The number of primary sulfonamides is 1. The third-order valence-electron chi connectivity index (χ3n) is 3.83. The second-order valence-electron chi connectivity index (χ2n) is 5.98. The number of hydrogen-bond acceptors (Lipinski definition) is 7. The number of carbonyl (C=O) groups is 2. The summed E-state index contributed by atoms with van der Waals surface area (Å²) in [7, 11) is -4.03. The summed E-state index contributed by atoms with van der Waals surface area (Å²) in [5.41, 5.74) is 0.0206. The minimum atomic E-state index is -4.03. The molecular weight excluding hydrogens is 426 g/mol. The number of nitro benzene ring substituents is 1. The molecule has 1 unspecified atom stereocenters. The molecule has 0 aliphatic rings. The molecule has 2 rings (SSSR count). The van der Waals surface area contributed by atoms with Gasteiger partial charge in [0.05, 0.1) is 26.1 Å². The standard InChI is InChI=1S/C17H16ClN3O7S/c1-9-3-5-12(29(19,26)27)8-13(9)17(23)28-10(2)16(22)20-15-7-11(21(24)25)4-6-14(15)18/h3-8,10H,1-2H3,(H,20,22)(H2,19,26,27). The van der Waals surface area contributed by atoms with Gasteiger partial charge in [-0.3, -0.25) is 14.9 Å². The van der Waals surface area contributed by atoms with Gasteiger partial charge in [0, 0.05) is 12.1 Å². The first-order valence-electron chi connectivity index (χ1n) is 7.99. The number of hydrogen-bond donors (Lipinski definition) is 2. The van der Waals surface area contributed by atoms with E-state index in [2.05, 4.69) is 5.32 Å². The topological polar surface area (TPSA) is 159 Å². The van der Waals surface area contributed by atoms with E-state index in [0.717, 1.165) is 12.1 Å². The molecule has 1 atom stereocenters. The maximum Gasteiger partial charge on any atom is 0.339 e. The summed E-state index contributed by atoms with van der Waals surface area (Å²) in [6.45, 7) is 2.83. The molecule has 0 heterocycles. The van der Waals surface area contributed by atoms with Crippen LogP contribution in [0.15, 0.2) is 41.3 Å². The van der Waals surface area contributed by atoms with Crippen LogP contribution in [0, 0.1) is 17.0 Å². The molecule has 0 fully saturated rings. The predicted octanol–water partition coefficient (Wildman–Crippen LogP) is 2.39. The van der Waals surface area contributed by atoms with Crippen molar-refractivity contribution in [3.8, 4) is 0 Å². The van der Waals surface area contributed by atoms with Crippen LogP contribution in [0.4, 0.5) is 11.4 Å². The molecule has 0 bridgehead atoms. The lowest BCUT2D eigenvalue weighted by Crippen LogP contribution is -2.30. The average molecular weight is 442 g/mol. The maximum absolute atomic E-state index is 12.4. The van der Waals surface area contributed by atoms with Gasteiger partial charge in [0.1, 0.15) is 0 Å². The summed E-state index contributed by atoms with van der Waals surface area (Å²) in [6, 6.07) is 7.15. The van der Waals surface area contributed by atoms with Crippen LogP contribution in [-0.4, -0.2) is 31.3 Å². The van der Waals surface area contributed by atoms with Gasteiger partial charge in [-0.2, -0.15) is 0 Å². The fraction of sp³-hybridized carbons (Fsp3) is 0.176. The number of esters is 1. The molecule has 0 aliphatic carbocycles. The lowest BCUT2D eigenvalue weighted by atomic mass is 10.1. The van der Waals surface area contributed by atoms with E-state index in [4.69, 9.17) is 21.5 Å². The Kier molecular flexibility index (Phi) is 6.57. The fourth-order valence-corrected chi connectivity index (χ4v) is 2.94. The Bertz CT molecular complexity index is 1100. The highest BCUT2D eigenvalue weighted by Crippen LogP contribution is 2.27. The molecule has 2 aromatic rings. The zero-order valence-electron chi connectivity index (χ0n) is 15.2. The summed E-state index contributed by atoms with van der Waals surface area (Å²) in [6.07, 6.45) is -1.31. The molecule has 2 aromatic carbocycles. The lowest BCUT2D eigenvalue weighted by molar-refractivity contribution is -0.384. The molecule has 154 valence electrons. The van der Waals surface area contributed by atoms with Crippen LogP contribution >= 0.6 is 11.6 Å². The molecular formula is C17H16ClN3O7S. The summed E-state index contributed by atoms with van der Waals surface area (Å²) in [5, 5.41) is 18.3. The monoisotopic (exact) mass is 441 g/mol. The Morgan fingerprint density at radius 3 is 2.48 bits per heavy atom. The van der Waals surface area contributed by atoms with E-state index in [-0.39, 0.29) is 26.9 Å². The van der Waals surface area contributed by atoms with Crippen LogP contribution in [-0.2, 0) is 19.6 Å². The van der Waals surface area contributed by atoms with Gasteiger partial charge >= 0.3 is 5.97 Å². The van der Waals surface area contributed by atoms with Crippen LogP contribution in [0.25, 0.3) is 0 Å². The minimum Gasteiger partial charge on any atom is -0.449 e. The van der Waals surface area contributed by atoms with Crippen molar-refractivity contribution >= 4 is 44.9 Å². The Hall–Kier alpha value is -3.02. The number of anilines is 1. The Labute approximate surface area is 170 Å². The van der Waals surface area contributed by atoms with Gasteiger partial charge in [0.2, 0.25) is 10.0 Å². The maximum atomic E-state index is 12.4. The molecule has 3 N–H and O–H groups in total. The van der Waals surface area contributed by atoms with Crippen LogP contribution in [0.1, 0.15) is 22.8 Å². The predicted molar refractivity (Wildman–Crippen MR) is 104 cm³/mol. The van der Waals surface area contributed by atoms with Crippen LogP contribution < -0.4 is 10.5 Å². The number of carbonyl (C=O) groups excluding carboxylic acids is 2. The first-order chi connectivity index (χ1) is 13.4. The first kappa shape index (κ1) is 22.3. The first-order valence-corrected chi connectivity index (χ1v) is 9.92. The average Bonchev–Trinajstić information content (AvgIpc) is 2.62. The third-order valence-corrected chi connectivity index (χ3v) is 5.07. The molecule has 0 spiro atoms. The SMILES string of the molecule is Cc1ccc(S(N)(=O)=O)cc1C(=O)OC(C)C(=O)Nc1cc([N+](=O)[O-])ccc1Cl. The summed E-state index contributed by atoms with van der Waals surface area (Å²) >= 11 is 5.92. The van der Waals surface area contributed by atoms with Crippen molar-refractivity contribution in [1.29, 1.82) is 0 Å². The number of nitro groups is 1. The summed E-state index contributed by atoms with van der Waals surface area (Å²) in [5.74, 6) is -1.73. The van der Waals surface area contributed by atoms with E-state index >= 15 is 0 Å². The highest BCUT2D eigenvalue weighted by atomic mass is 35.5. The number of amides is 1. The number of non-ortho nitro benzene ring substituents is 1. The zero-order valence-corrected chi connectivity index (χ0v) is 16.8. The molecule has 29 heavy (non-hydrogen) atoms. The van der Waals surface area contributed by atoms with Crippen molar-refractivity contribution < 1.29 is 27.7 Å². The normalized spacial score (nSPS) is 12.1. The molecule has 0 aliphatic heterocycles. The zero-order chi connectivity index (χ0) is 21.9. The van der Waals surface area contributed by atoms with Gasteiger partial charge in [0.25, 0.3) is 11.6 Å². The number of halogens is 1. The Morgan fingerprint density at radius 2 is 1.90 bits per heavy atom. The van der Waals surface area contributed by atoms with E-state index in [1.165, 1.54) is 31.2 Å².